The summed E-state index contributed by atoms with van der Waals surface area (Å²) in [5.74, 6) is -7.45. The first-order chi connectivity index (χ1) is 18.1. The smallest absolute Gasteiger partial charge is 0.426 e. The summed E-state index contributed by atoms with van der Waals surface area (Å²) in [7, 11) is 0. The quantitative estimate of drug-likeness (QED) is 0.150. The van der Waals surface area contributed by atoms with Crippen LogP contribution in [0, 0.1) is 35.0 Å². The van der Waals surface area contributed by atoms with Gasteiger partial charge in [-0.05, 0) is 60.8 Å². The lowest BCUT2D eigenvalue weighted by molar-refractivity contribution is -0.185. The molecule has 8 heteroatoms. The molecule has 1 aliphatic rings. The predicted molar refractivity (Wildman–Crippen MR) is 131 cm³/mol. The Kier molecular flexibility index (Phi) is 8.68. The monoisotopic (exact) mass is 538 g/mol. The molecule has 0 N–H and O–H groups in total. The highest BCUT2D eigenvalue weighted by molar-refractivity contribution is 5.65. The predicted octanol–water partition coefficient (Wildman–Crippen LogP) is 10.0. The summed E-state index contributed by atoms with van der Waals surface area (Å²) in [6.45, 7) is 2.17. The second-order valence-corrected chi connectivity index (χ2v) is 9.94. The normalized spacial score (nSPS) is 18.0. The Labute approximate surface area is 217 Å². The van der Waals surface area contributed by atoms with Crippen LogP contribution in [0.1, 0.15) is 75.3 Å². The Hall–Kier alpha value is -3.03. The Morgan fingerprint density at radius 3 is 2.00 bits per heavy atom. The molecule has 1 fully saturated rings. The highest BCUT2D eigenvalue weighted by atomic mass is 19.3. The van der Waals surface area contributed by atoms with Crippen LogP contribution in [0.5, 0.6) is 5.75 Å². The summed E-state index contributed by atoms with van der Waals surface area (Å²) in [6.07, 6.45) is 4.31. The maximum Gasteiger partial charge on any atom is 0.426 e. The molecule has 0 heterocycles. The fraction of sp³-hybridized carbons (Fsp3) is 0.400. The van der Waals surface area contributed by atoms with Gasteiger partial charge in [0.15, 0.2) is 29.1 Å². The van der Waals surface area contributed by atoms with Gasteiger partial charge in [-0.3, -0.25) is 0 Å². The van der Waals surface area contributed by atoms with Gasteiger partial charge < -0.3 is 4.74 Å². The minimum Gasteiger partial charge on any atom is -0.429 e. The first-order valence-corrected chi connectivity index (χ1v) is 12.9. The van der Waals surface area contributed by atoms with E-state index >= 15 is 8.78 Å². The summed E-state index contributed by atoms with van der Waals surface area (Å²) in [6, 6.07) is 7.87. The lowest BCUT2D eigenvalue weighted by Gasteiger charge is -2.29. The zero-order chi connectivity index (χ0) is 27.4. The van der Waals surface area contributed by atoms with Crippen LogP contribution in [0.15, 0.2) is 48.5 Å². The molecule has 4 rings (SSSR count). The summed E-state index contributed by atoms with van der Waals surface area (Å²) in [5.41, 5.74) is -0.253. The number of alkyl halides is 2. The van der Waals surface area contributed by atoms with Gasteiger partial charge in [0.2, 0.25) is 0 Å². The van der Waals surface area contributed by atoms with E-state index in [4.69, 9.17) is 0 Å². The Morgan fingerprint density at radius 2 is 1.39 bits per heavy atom. The Bertz CT molecular complexity index is 1230. The fourth-order valence-corrected chi connectivity index (χ4v) is 5.19. The van der Waals surface area contributed by atoms with Gasteiger partial charge in [0.1, 0.15) is 5.75 Å². The van der Waals surface area contributed by atoms with E-state index < -0.39 is 46.5 Å². The second-order valence-electron chi connectivity index (χ2n) is 9.94. The zero-order valence-electron chi connectivity index (χ0n) is 21.0. The average molecular weight is 539 g/mol. The molecule has 1 nitrogen and oxygen atoms in total. The summed E-state index contributed by atoms with van der Waals surface area (Å²) in [5, 5.41) is 0. The van der Waals surface area contributed by atoms with Crippen LogP contribution < -0.4 is 4.74 Å². The molecule has 0 spiro atoms. The van der Waals surface area contributed by atoms with Gasteiger partial charge in [-0.2, -0.15) is 8.78 Å². The number of hydrogen-bond acceptors (Lipinski definition) is 1. The molecule has 0 amide bonds. The minimum absolute atomic E-state index is 0.0553. The lowest BCUT2D eigenvalue weighted by atomic mass is 9.76. The van der Waals surface area contributed by atoms with Crippen molar-refractivity contribution in [2.75, 3.05) is 0 Å². The molecule has 3 aromatic carbocycles. The van der Waals surface area contributed by atoms with E-state index in [0.717, 1.165) is 37.8 Å². The van der Waals surface area contributed by atoms with Crippen LogP contribution in [-0.2, 0) is 6.11 Å². The van der Waals surface area contributed by atoms with E-state index in [0.29, 0.717) is 23.6 Å². The highest BCUT2D eigenvalue weighted by Gasteiger charge is 2.35. The molecule has 0 saturated heterocycles. The van der Waals surface area contributed by atoms with E-state index in [1.54, 1.807) is 6.07 Å². The molecule has 1 saturated carbocycles. The van der Waals surface area contributed by atoms with E-state index in [1.165, 1.54) is 43.9 Å². The van der Waals surface area contributed by atoms with Crippen LogP contribution >= 0.6 is 0 Å². The molecule has 38 heavy (non-hydrogen) atoms. The number of hydrogen-bond donors (Lipinski definition) is 0. The number of ether oxygens (including phenoxy) is 1. The molecule has 3 aromatic rings. The SMILES string of the molecule is CCCCCC1CCC(c2ccc(-c3ccc(C(F)(F)Oc4cc(F)c(F)c(F)c4)cc3)c(F)c2F)CC1. The van der Waals surface area contributed by atoms with Crippen molar-refractivity contribution in [1.29, 1.82) is 0 Å². The van der Waals surface area contributed by atoms with Gasteiger partial charge in [0.25, 0.3) is 0 Å². The number of benzene rings is 3. The van der Waals surface area contributed by atoms with Gasteiger partial charge >= 0.3 is 6.11 Å². The Balaban J connectivity index is 1.46. The molecule has 0 bridgehead atoms. The van der Waals surface area contributed by atoms with Gasteiger partial charge in [0.05, 0.1) is 5.56 Å². The van der Waals surface area contributed by atoms with Crippen molar-refractivity contribution >= 4 is 0 Å². The first kappa shape index (κ1) is 28.0. The highest BCUT2D eigenvalue weighted by Crippen LogP contribution is 2.41. The summed E-state index contributed by atoms with van der Waals surface area (Å²) in [4.78, 5) is 0. The van der Waals surface area contributed by atoms with E-state index in [2.05, 4.69) is 11.7 Å². The molecule has 0 unspecified atom stereocenters. The van der Waals surface area contributed by atoms with Crippen molar-refractivity contribution in [2.45, 2.75) is 70.3 Å². The Morgan fingerprint density at radius 1 is 0.763 bits per heavy atom. The van der Waals surface area contributed by atoms with Crippen molar-refractivity contribution in [3.05, 3.63) is 88.7 Å². The van der Waals surface area contributed by atoms with Crippen LogP contribution in [0.2, 0.25) is 0 Å². The third kappa shape index (κ3) is 6.16. The van der Waals surface area contributed by atoms with Crippen molar-refractivity contribution in [1.82, 2.24) is 0 Å². The molecule has 0 radical (unpaired) electrons. The molecule has 0 aliphatic heterocycles. The first-order valence-electron chi connectivity index (χ1n) is 12.9. The third-order valence-corrected chi connectivity index (χ3v) is 7.35. The minimum atomic E-state index is -4.03. The van der Waals surface area contributed by atoms with Crippen LogP contribution in [0.25, 0.3) is 11.1 Å². The number of rotatable bonds is 9. The van der Waals surface area contributed by atoms with Crippen LogP contribution in [0.4, 0.5) is 30.7 Å². The van der Waals surface area contributed by atoms with Crippen molar-refractivity contribution in [3.8, 4) is 16.9 Å². The van der Waals surface area contributed by atoms with Gasteiger partial charge in [0, 0.05) is 17.7 Å². The second kappa shape index (κ2) is 11.8. The largest absolute Gasteiger partial charge is 0.429 e. The van der Waals surface area contributed by atoms with Crippen LogP contribution in [0.3, 0.4) is 0 Å². The van der Waals surface area contributed by atoms with Gasteiger partial charge in [-0.15, -0.1) is 0 Å². The van der Waals surface area contributed by atoms with Crippen molar-refractivity contribution < 1.29 is 35.5 Å². The van der Waals surface area contributed by atoms with E-state index in [9.17, 15) is 22.0 Å². The maximum absolute atomic E-state index is 15.1. The van der Waals surface area contributed by atoms with E-state index in [1.807, 2.05) is 0 Å². The zero-order valence-corrected chi connectivity index (χ0v) is 21.0. The average Bonchev–Trinajstić information content (AvgIpc) is 2.89. The molecule has 204 valence electrons. The molecule has 1 aliphatic carbocycles. The summed E-state index contributed by atoms with van der Waals surface area (Å²) >= 11 is 0. The molecular weight excluding hydrogens is 509 g/mol. The lowest BCUT2D eigenvalue weighted by Crippen LogP contribution is -2.22. The molecular formula is C30H29F7O. The molecule has 0 aromatic heterocycles. The standard InChI is InChI=1S/C30H29F7O/c1-2-3-4-5-18-6-8-19(9-7-18)23-14-15-24(28(34)27(23)33)20-10-12-21(13-11-20)30(36,37)38-22-16-25(31)29(35)26(32)17-22/h10-19H,2-9H2,1H3. The van der Waals surface area contributed by atoms with Crippen LogP contribution in [-0.4, -0.2) is 0 Å². The van der Waals surface area contributed by atoms with Gasteiger partial charge in [-0.25, -0.2) is 22.0 Å². The summed E-state index contributed by atoms with van der Waals surface area (Å²) < 4.78 is 103. The maximum atomic E-state index is 15.1. The fourth-order valence-electron chi connectivity index (χ4n) is 5.19. The topological polar surface area (TPSA) is 9.23 Å². The van der Waals surface area contributed by atoms with Gasteiger partial charge in [-0.1, -0.05) is 56.9 Å². The third-order valence-electron chi connectivity index (χ3n) is 7.35. The van der Waals surface area contributed by atoms with Crippen molar-refractivity contribution in [2.24, 2.45) is 5.92 Å². The number of halogens is 7. The molecule has 0 atom stereocenters. The number of unbranched alkanes of at least 4 members (excludes halogenated alkanes) is 2. The van der Waals surface area contributed by atoms with Crippen molar-refractivity contribution in [3.63, 3.8) is 0 Å². The van der Waals surface area contributed by atoms with E-state index in [-0.39, 0.29) is 17.0 Å².